The van der Waals surface area contributed by atoms with E-state index in [4.69, 9.17) is 9.47 Å². The molecule has 3 rings (SSSR count). The summed E-state index contributed by atoms with van der Waals surface area (Å²) in [7, 11) is -6.37. The zero-order chi connectivity index (χ0) is 28.1. The van der Waals surface area contributed by atoms with Crippen molar-refractivity contribution in [2.75, 3.05) is 39.9 Å². The number of esters is 1. The molecule has 1 aliphatic heterocycles. The van der Waals surface area contributed by atoms with Gasteiger partial charge in [-0.15, -0.1) is 0 Å². The predicted octanol–water partition coefficient (Wildman–Crippen LogP) is 1.71. The number of carbonyl (C=O) groups excluding carboxylic acids is 2. The van der Waals surface area contributed by atoms with E-state index in [-0.39, 0.29) is 54.1 Å². The fraction of sp³-hybridized carbons (Fsp3) is 0.440. The lowest BCUT2D eigenvalue weighted by atomic mass is 10.0. The first-order chi connectivity index (χ1) is 17.9. The van der Waals surface area contributed by atoms with Crippen LogP contribution in [0.5, 0.6) is 5.75 Å². The normalized spacial score (nSPS) is 15.8. The van der Waals surface area contributed by atoms with Gasteiger partial charge >= 0.3 is 5.97 Å². The molecule has 1 N–H and O–H groups in total. The fourth-order valence-electron chi connectivity index (χ4n) is 3.93. The number of amides is 1. The summed E-state index contributed by atoms with van der Waals surface area (Å²) in [5, 5.41) is 0. The SMILES string of the molecule is CCOC(=O)c1ccc(S(=O)(=O)N2CCN(C(=O)[C@H](NS(=O)(=O)c3ccc(OC)cc3)C(C)C)CC2)cc1. The molecule has 0 unspecified atom stereocenters. The first kappa shape index (κ1) is 29.6. The zero-order valence-corrected chi connectivity index (χ0v) is 23.4. The molecule has 0 saturated carbocycles. The van der Waals surface area contributed by atoms with Crippen LogP contribution in [0.3, 0.4) is 0 Å². The average Bonchev–Trinajstić information content (AvgIpc) is 2.91. The Labute approximate surface area is 223 Å². The molecular formula is C25H33N3O8S2. The number of nitrogens with zero attached hydrogens (tertiary/aromatic N) is 2. The van der Waals surface area contributed by atoms with Gasteiger partial charge in [-0.25, -0.2) is 21.6 Å². The van der Waals surface area contributed by atoms with E-state index in [0.29, 0.717) is 5.75 Å². The topological polar surface area (TPSA) is 139 Å². The van der Waals surface area contributed by atoms with Crippen molar-refractivity contribution in [1.29, 1.82) is 0 Å². The number of sulfonamides is 2. The highest BCUT2D eigenvalue weighted by Gasteiger charge is 2.35. The van der Waals surface area contributed by atoms with Crippen molar-refractivity contribution >= 4 is 31.9 Å². The molecule has 0 aromatic heterocycles. The number of hydrogen-bond donors (Lipinski definition) is 1. The summed E-state index contributed by atoms with van der Waals surface area (Å²) in [5.74, 6) is -0.808. The van der Waals surface area contributed by atoms with Crippen LogP contribution in [0.4, 0.5) is 0 Å². The summed E-state index contributed by atoms with van der Waals surface area (Å²) in [6, 6.07) is 10.3. The third-order valence-corrected chi connectivity index (χ3v) is 9.51. The molecular weight excluding hydrogens is 534 g/mol. The Morgan fingerprint density at radius 3 is 1.95 bits per heavy atom. The van der Waals surface area contributed by atoms with E-state index < -0.39 is 38.0 Å². The van der Waals surface area contributed by atoms with E-state index in [9.17, 15) is 26.4 Å². The monoisotopic (exact) mass is 567 g/mol. The second-order valence-corrected chi connectivity index (χ2v) is 12.6. The Bertz CT molecular complexity index is 1330. The Hall–Kier alpha value is -3.00. The van der Waals surface area contributed by atoms with Gasteiger partial charge in [0.15, 0.2) is 0 Å². The number of benzene rings is 2. The van der Waals surface area contributed by atoms with Crippen LogP contribution in [-0.4, -0.2) is 83.9 Å². The van der Waals surface area contributed by atoms with Gasteiger partial charge < -0.3 is 14.4 Å². The highest BCUT2D eigenvalue weighted by molar-refractivity contribution is 7.89. The predicted molar refractivity (Wildman–Crippen MR) is 140 cm³/mol. The smallest absolute Gasteiger partial charge is 0.338 e. The molecule has 1 fully saturated rings. The molecule has 13 heteroatoms. The molecule has 1 amide bonds. The van der Waals surface area contributed by atoms with Crippen molar-refractivity contribution in [3.05, 3.63) is 54.1 Å². The Morgan fingerprint density at radius 2 is 1.45 bits per heavy atom. The molecule has 0 radical (unpaired) electrons. The minimum atomic E-state index is -3.99. The number of carbonyl (C=O) groups is 2. The summed E-state index contributed by atoms with van der Waals surface area (Å²) in [6.07, 6.45) is 0. The maximum Gasteiger partial charge on any atom is 0.338 e. The molecule has 1 aliphatic rings. The number of hydrogen-bond acceptors (Lipinski definition) is 8. The van der Waals surface area contributed by atoms with Crippen LogP contribution in [0.1, 0.15) is 31.1 Å². The minimum Gasteiger partial charge on any atom is -0.497 e. The molecule has 0 aliphatic carbocycles. The number of nitrogens with one attached hydrogen (secondary N) is 1. The lowest BCUT2D eigenvalue weighted by molar-refractivity contribution is -0.135. The first-order valence-electron chi connectivity index (χ1n) is 12.1. The number of ether oxygens (including phenoxy) is 2. The van der Waals surface area contributed by atoms with Crippen LogP contribution in [0, 0.1) is 5.92 Å². The van der Waals surface area contributed by atoms with Gasteiger partial charge in [0.1, 0.15) is 11.8 Å². The lowest BCUT2D eigenvalue weighted by Gasteiger charge is -2.36. The lowest BCUT2D eigenvalue weighted by Crippen LogP contribution is -2.57. The van der Waals surface area contributed by atoms with Gasteiger partial charge in [-0.2, -0.15) is 9.03 Å². The Morgan fingerprint density at radius 1 is 0.895 bits per heavy atom. The standard InChI is InChI=1S/C25H33N3O8S2/c1-5-36-25(30)19-6-10-22(11-7-19)38(33,34)28-16-14-27(15-17-28)24(29)23(18(2)3)26-37(31,32)21-12-8-20(35-4)9-13-21/h6-13,18,23,26H,5,14-17H2,1-4H3/t23-/m1/s1. The fourth-order valence-corrected chi connectivity index (χ4v) is 6.69. The Kier molecular flexibility index (Phi) is 9.52. The highest BCUT2D eigenvalue weighted by atomic mass is 32.2. The second kappa shape index (κ2) is 12.2. The van der Waals surface area contributed by atoms with Crippen LogP contribution in [-0.2, 0) is 29.6 Å². The molecule has 1 heterocycles. The third-order valence-electron chi connectivity index (χ3n) is 6.14. The van der Waals surface area contributed by atoms with Crippen LogP contribution >= 0.6 is 0 Å². The van der Waals surface area contributed by atoms with Gasteiger partial charge in [-0.1, -0.05) is 13.8 Å². The minimum absolute atomic E-state index is 0.00152. The number of piperazine rings is 1. The Balaban J connectivity index is 1.67. The van der Waals surface area contributed by atoms with Crippen molar-refractivity contribution in [2.45, 2.75) is 36.6 Å². The molecule has 11 nitrogen and oxygen atoms in total. The molecule has 38 heavy (non-hydrogen) atoms. The van der Waals surface area contributed by atoms with Gasteiger partial charge in [-0.3, -0.25) is 4.79 Å². The van der Waals surface area contributed by atoms with Crippen LogP contribution in [0.25, 0.3) is 0 Å². The van der Waals surface area contributed by atoms with Crippen molar-refractivity contribution in [2.24, 2.45) is 5.92 Å². The molecule has 2 aromatic carbocycles. The van der Waals surface area contributed by atoms with Crippen molar-refractivity contribution in [3.63, 3.8) is 0 Å². The number of methoxy groups -OCH3 is 1. The van der Waals surface area contributed by atoms with E-state index in [0.717, 1.165) is 0 Å². The van der Waals surface area contributed by atoms with E-state index in [2.05, 4.69) is 4.72 Å². The maximum atomic E-state index is 13.3. The van der Waals surface area contributed by atoms with Crippen LogP contribution in [0.2, 0.25) is 0 Å². The van der Waals surface area contributed by atoms with Crippen molar-refractivity contribution < 1.29 is 35.9 Å². The summed E-state index contributed by atoms with van der Waals surface area (Å²) < 4.78 is 65.8. The summed E-state index contributed by atoms with van der Waals surface area (Å²) >= 11 is 0. The zero-order valence-electron chi connectivity index (χ0n) is 21.8. The summed E-state index contributed by atoms with van der Waals surface area (Å²) in [5.41, 5.74) is 0.248. The molecule has 0 spiro atoms. The molecule has 1 saturated heterocycles. The van der Waals surface area contributed by atoms with Crippen molar-refractivity contribution in [3.8, 4) is 5.75 Å². The summed E-state index contributed by atoms with van der Waals surface area (Å²) in [4.78, 5) is 26.6. The van der Waals surface area contributed by atoms with Crippen molar-refractivity contribution in [1.82, 2.24) is 13.9 Å². The summed E-state index contributed by atoms with van der Waals surface area (Å²) in [6.45, 7) is 5.66. The van der Waals surface area contributed by atoms with E-state index >= 15 is 0 Å². The second-order valence-electron chi connectivity index (χ2n) is 8.99. The van der Waals surface area contributed by atoms with Crippen LogP contribution < -0.4 is 9.46 Å². The molecule has 2 aromatic rings. The van der Waals surface area contributed by atoms with Crippen LogP contribution in [0.15, 0.2) is 58.3 Å². The molecule has 1 atom stereocenters. The molecule has 208 valence electrons. The van der Waals surface area contributed by atoms with Gasteiger partial charge in [0, 0.05) is 26.2 Å². The third kappa shape index (κ3) is 6.70. The van der Waals surface area contributed by atoms with E-state index in [1.165, 1.54) is 64.8 Å². The number of rotatable bonds is 10. The average molecular weight is 568 g/mol. The molecule has 0 bridgehead atoms. The van der Waals surface area contributed by atoms with Gasteiger partial charge in [0.25, 0.3) is 0 Å². The van der Waals surface area contributed by atoms with Gasteiger partial charge in [-0.05, 0) is 61.4 Å². The highest BCUT2D eigenvalue weighted by Crippen LogP contribution is 2.21. The first-order valence-corrected chi connectivity index (χ1v) is 15.1. The quantitative estimate of drug-likeness (QED) is 0.428. The van der Waals surface area contributed by atoms with Gasteiger partial charge in [0.2, 0.25) is 26.0 Å². The van der Waals surface area contributed by atoms with Gasteiger partial charge in [0.05, 0.1) is 29.1 Å². The largest absolute Gasteiger partial charge is 0.497 e. The van der Waals surface area contributed by atoms with E-state index in [1.54, 1.807) is 20.8 Å². The maximum absolute atomic E-state index is 13.3. The van der Waals surface area contributed by atoms with E-state index in [1.807, 2.05) is 0 Å².